The van der Waals surface area contributed by atoms with Crippen LogP contribution >= 0.6 is 0 Å². The molecule has 0 unspecified atom stereocenters. The van der Waals surface area contributed by atoms with Gasteiger partial charge in [-0.25, -0.2) is 4.98 Å². The molecule has 1 N–H and O–H groups in total. The Labute approximate surface area is 201 Å². The molecule has 2 fully saturated rings. The minimum absolute atomic E-state index is 0.0324. The van der Waals surface area contributed by atoms with Gasteiger partial charge in [0.15, 0.2) is 17.1 Å². The summed E-state index contributed by atoms with van der Waals surface area (Å²) in [4.78, 5) is 36.3. The number of rotatable bonds is 5. The highest BCUT2D eigenvalue weighted by Crippen LogP contribution is 2.35. The number of anilines is 3. The van der Waals surface area contributed by atoms with Crippen LogP contribution in [0, 0.1) is 0 Å². The van der Waals surface area contributed by atoms with Gasteiger partial charge in [0, 0.05) is 55.5 Å². The van der Waals surface area contributed by atoms with E-state index in [4.69, 9.17) is 14.1 Å². The first-order chi connectivity index (χ1) is 17.1. The number of carbonyl (C=O) groups excluding carboxylic acids is 1. The van der Waals surface area contributed by atoms with E-state index in [0.29, 0.717) is 60.5 Å². The van der Waals surface area contributed by atoms with Crippen molar-refractivity contribution in [3.8, 4) is 0 Å². The lowest BCUT2D eigenvalue weighted by atomic mass is 10.2. The van der Waals surface area contributed by atoms with Crippen LogP contribution in [0.4, 0.5) is 17.5 Å². The maximum Gasteiger partial charge on any atom is 0.229 e. The van der Waals surface area contributed by atoms with Crippen LogP contribution in [0.5, 0.6) is 0 Å². The molecule has 1 saturated carbocycles. The Hall–Kier alpha value is -3.72. The monoisotopic (exact) mass is 473 g/mol. The number of hydrogen-bond donors (Lipinski definition) is 1. The Morgan fingerprint density at radius 1 is 1.11 bits per heavy atom. The SMILES string of the molecule is CC(=O)c1cc2cnc(Nc3ccc4c(=O)cc(N5CCOCC5)oc4c3)nc2n1C1CCCC1. The van der Waals surface area contributed by atoms with Crippen LogP contribution in [0.2, 0.25) is 0 Å². The molecule has 6 rings (SSSR count). The highest BCUT2D eigenvalue weighted by molar-refractivity contribution is 5.98. The zero-order valence-electron chi connectivity index (χ0n) is 19.6. The van der Waals surface area contributed by atoms with E-state index >= 15 is 0 Å². The Balaban J connectivity index is 1.36. The van der Waals surface area contributed by atoms with Crippen LogP contribution in [-0.4, -0.2) is 46.6 Å². The zero-order chi connectivity index (χ0) is 23.9. The molecule has 4 aromatic rings. The average molecular weight is 474 g/mol. The molecule has 9 nitrogen and oxygen atoms in total. The second-order valence-electron chi connectivity index (χ2n) is 9.25. The molecule has 1 aliphatic carbocycles. The molecule has 0 amide bonds. The summed E-state index contributed by atoms with van der Waals surface area (Å²) in [5, 5.41) is 4.62. The van der Waals surface area contributed by atoms with E-state index in [0.717, 1.165) is 36.7 Å². The lowest BCUT2D eigenvalue weighted by Crippen LogP contribution is -2.36. The van der Waals surface area contributed by atoms with Gasteiger partial charge in [0.1, 0.15) is 11.2 Å². The van der Waals surface area contributed by atoms with Gasteiger partial charge in [0.05, 0.1) is 24.3 Å². The molecule has 1 saturated heterocycles. The molecular weight excluding hydrogens is 446 g/mol. The summed E-state index contributed by atoms with van der Waals surface area (Å²) < 4.78 is 13.6. The first-order valence-electron chi connectivity index (χ1n) is 12.1. The highest BCUT2D eigenvalue weighted by Gasteiger charge is 2.24. The molecule has 2 aliphatic rings. The Kier molecular flexibility index (Phi) is 5.49. The molecule has 1 aliphatic heterocycles. The van der Waals surface area contributed by atoms with E-state index in [1.807, 2.05) is 17.0 Å². The summed E-state index contributed by atoms with van der Waals surface area (Å²) >= 11 is 0. The van der Waals surface area contributed by atoms with E-state index in [9.17, 15) is 9.59 Å². The van der Waals surface area contributed by atoms with E-state index in [1.165, 1.54) is 0 Å². The summed E-state index contributed by atoms with van der Waals surface area (Å²) in [6.07, 6.45) is 6.16. The molecule has 0 atom stereocenters. The Morgan fingerprint density at radius 2 is 1.91 bits per heavy atom. The van der Waals surface area contributed by atoms with Gasteiger partial charge in [-0.3, -0.25) is 9.59 Å². The van der Waals surface area contributed by atoms with Crippen molar-refractivity contribution < 1.29 is 13.9 Å². The van der Waals surface area contributed by atoms with Gasteiger partial charge >= 0.3 is 0 Å². The van der Waals surface area contributed by atoms with Crippen molar-refractivity contribution >= 4 is 45.3 Å². The maximum atomic E-state index is 12.7. The molecule has 9 heteroatoms. The predicted octanol–water partition coefficient (Wildman–Crippen LogP) is 4.44. The third kappa shape index (κ3) is 4.05. The smallest absolute Gasteiger partial charge is 0.229 e. The molecule has 0 radical (unpaired) electrons. The van der Waals surface area contributed by atoms with Crippen LogP contribution in [-0.2, 0) is 4.74 Å². The first kappa shape index (κ1) is 21.8. The standard InChI is InChI=1S/C26H27N5O4/c1-16(32)21-12-17-15-27-26(29-25(17)31(21)19-4-2-3-5-19)28-18-6-7-20-22(33)14-24(35-23(20)13-18)30-8-10-34-11-9-30/h6-7,12-15,19H,2-5,8-11H2,1H3,(H,27,28,29). The summed E-state index contributed by atoms with van der Waals surface area (Å²) in [6, 6.07) is 9.07. The first-order valence-corrected chi connectivity index (χ1v) is 12.1. The summed E-state index contributed by atoms with van der Waals surface area (Å²) in [6.45, 7) is 4.18. The van der Waals surface area contributed by atoms with Crippen molar-refractivity contribution in [3.63, 3.8) is 0 Å². The molecule has 0 spiro atoms. The largest absolute Gasteiger partial charge is 0.440 e. The number of aromatic nitrogens is 3. The summed E-state index contributed by atoms with van der Waals surface area (Å²) in [7, 11) is 0. The summed E-state index contributed by atoms with van der Waals surface area (Å²) in [5.74, 6) is 1.01. The molecule has 35 heavy (non-hydrogen) atoms. The molecule has 180 valence electrons. The maximum absolute atomic E-state index is 12.7. The summed E-state index contributed by atoms with van der Waals surface area (Å²) in [5.41, 5.74) is 2.58. The third-order valence-electron chi connectivity index (χ3n) is 6.92. The number of nitrogens with one attached hydrogen (secondary N) is 1. The number of ether oxygens (including phenoxy) is 1. The van der Waals surface area contributed by atoms with Crippen LogP contribution in [0.1, 0.15) is 49.1 Å². The average Bonchev–Trinajstić information content (AvgIpc) is 3.52. The molecule has 0 bridgehead atoms. The number of ketones is 1. The molecule has 3 aromatic heterocycles. The highest BCUT2D eigenvalue weighted by atomic mass is 16.5. The number of nitrogens with zero attached hydrogens (tertiary/aromatic N) is 4. The van der Waals surface area contributed by atoms with Gasteiger partial charge < -0.3 is 23.9 Å². The molecule has 4 heterocycles. The van der Waals surface area contributed by atoms with E-state index < -0.39 is 0 Å². The quantitative estimate of drug-likeness (QED) is 0.425. The number of carbonyl (C=O) groups is 1. The fourth-order valence-corrected chi connectivity index (χ4v) is 5.16. The van der Waals surface area contributed by atoms with Gasteiger partial charge in [0.2, 0.25) is 5.95 Å². The fraction of sp³-hybridized carbons (Fsp3) is 0.385. The second kappa shape index (κ2) is 8.81. The van der Waals surface area contributed by atoms with Crippen LogP contribution < -0.4 is 15.6 Å². The van der Waals surface area contributed by atoms with Gasteiger partial charge in [-0.2, -0.15) is 4.98 Å². The van der Waals surface area contributed by atoms with Gasteiger partial charge in [-0.1, -0.05) is 12.8 Å². The zero-order valence-corrected chi connectivity index (χ0v) is 19.6. The number of benzene rings is 1. The van der Waals surface area contributed by atoms with Crippen molar-refractivity contribution in [1.29, 1.82) is 0 Å². The van der Waals surface area contributed by atoms with E-state index in [2.05, 4.69) is 14.9 Å². The predicted molar refractivity (Wildman–Crippen MR) is 134 cm³/mol. The van der Waals surface area contributed by atoms with E-state index in [-0.39, 0.29) is 17.3 Å². The number of hydrogen-bond acceptors (Lipinski definition) is 8. The number of Topliss-reactive ketones (excluding diaryl/α,β-unsaturated/α-hetero) is 1. The van der Waals surface area contributed by atoms with Crippen molar-refractivity contribution in [2.24, 2.45) is 0 Å². The number of morpholine rings is 1. The third-order valence-corrected chi connectivity index (χ3v) is 6.92. The van der Waals surface area contributed by atoms with Crippen molar-refractivity contribution in [1.82, 2.24) is 14.5 Å². The number of fused-ring (bicyclic) bond motifs is 2. The Morgan fingerprint density at radius 3 is 2.69 bits per heavy atom. The lowest BCUT2D eigenvalue weighted by Gasteiger charge is -2.27. The van der Waals surface area contributed by atoms with Gasteiger partial charge in [-0.05, 0) is 31.0 Å². The fourth-order valence-electron chi connectivity index (χ4n) is 5.16. The van der Waals surface area contributed by atoms with Gasteiger partial charge in [0.25, 0.3) is 0 Å². The normalized spacial score (nSPS) is 16.9. The minimum atomic E-state index is -0.0804. The van der Waals surface area contributed by atoms with Crippen molar-refractivity contribution in [2.75, 3.05) is 36.5 Å². The minimum Gasteiger partial charge on any atom is -0.440 e. The van der Waals surface area contributed by atoms with Crippen LogP contribution in [0.15, 0.2) is 45.7 Å². The van der Waals surface area contributed by atoms with Crippen LogP contribution in [0.25, 0.3) is 22.0 Å². The topological polar surface area (TPSA) is 102 Å². The second-order valence-corrected chi connectivity index (χ2v) is 9.25. The van der Waals surface area contributed by atoms with E-state index in [1.54, 1.807) is 31.3 Å². The van der Waals surface area contributed by atoms with Crippen molar-refractivity contribution in [2.45, 2.75) is 38.6 Å². The Bertz CT molecular complexity index is 1480. The van der Waals surface area contributed by atoms with Gasteiger partial charge in [-0.15, -0.1) is 0 Å². The molecule has 1 aromatic carbocycles. The van der Waals surface area contributed by atoms with Crippen molar-refractivity contribution in [3.05, 3.63) is 52.4 Å². The molecular formula is C26H27N5O4. The van der Waals surface area contributed by atoms with Crippen LogP contribution in [0.3, 0.4) is 0 Å². The lowest BCUT2D eigenvalue weighted by molar-refractivity contribution is 0.100.